The quantitative estimate of drug-likeness (QED) is 0.635. The van der Waals surface area contributed by atoms with E-state index >= 15 is 0 Å². The number of amides is 2. The molecule has 1 heterocycles. The first-order chi connectivity index (χ1) is 14.6. The van der Waals surface area contributed by atoms with Gasteiger partial charge < -0.3 is 14.8 Å². The van der Waals surface area contributed by atoms with Crippen LogP contribution < -0.4 is 15.0 Å². The summed E-state index contributed by atoms with van der Waals surface area (Å²) in [6.07, 6.45) is -0.361. The second-order valence-corrected chi connectivity index (χ2v) is 6.99. The van der Waals surface area contributed by atoms with Crippen molar-refractivity contribution in [2.75, 3.05) is 18.1 Å². The molecule has 6 heteroatoms. The van der Waals surface area contributed by atoms with E-state index < -0.39 is 0 Å². The van der Waals surface area contributed by atoms with E-state index in [-0.39, 0.29) is 18.0 Å². The lowest BCUT2D eigenvalue weighted by atomic mass is 10.1. The lowest BCUT2D eigenvalue weighted by molar-refractivity contribution is 0.0940. The van der Waals surface area contributed by atoms with Crippen LogP contribution >= 0.6 is 0 Å². The number of para-hydroxylation sites is 1. The Labute approximate surface area is 175 Å². The van der Waals surface area contributed by atoms with Gasteiger partial charge in [0, 0.05) is 11.3 Å². The molecule has 0 saturated carbocycles. The van der Waals surface area contributed by atoms with Crippen molar-refractivity contribution in [1.82, 2.24) is 5.32 Å². The molecular formula is C24H22N2O4. The zero-order chi connectivity index (χ0) is 20.9. The van der Waals surface area contributed by atoms with E-state index in [0.29, 0.717) is 18.7 Å². The fraction of sp³-hybridized carbons (Fsp3) is 0.167. The smallest absolute Gasteiger partial charge is 0.414 e. The minimum atomic E-state index is -0.361. The average molecular weight is 402 g/mol. The maximum Gasteiger partial charge on any atom is 0.414 e. The van der Waals surface area contributed by atoms with E-state index in [0.717, 1.165) is 22.7 Å². The van der Waals surface area contributed by atoms with Crippen LogP contribution in [0, 0.1) is 0 Å². The predicted molar refractivity (Wildman–Crippen MR) is 114 cm³/mol. The number of benzene rings is 3. The van der Waals surface area contributed by atoms with Gasteiger partial charge >= 0.3 is 6.09 Å². The van der Waals surface area contributed by atoms with E-state index in [1.54, 1.807) is 29.2 Å². The average Bonchev–Trinajstić information content (AvgIpc) is 3.21. The van der Waals surface area contributed by atoms with Crippen LogP contribution in [0.3, 0.4) is 0 Å². The van der Waals surface area contributed by atoms with Gasteiger partial charge in [-0.2, -0.15) is 0 Å². The molecule has 0 radical (unpaired) electrons. The molecule has 0 aliphatic carbocycles. The largest absolute Gasteiger partial charge is 0.457 e. The zero-order valence-electron chi connectivity index (χ0n) is 16.6. The molecule has 1 N–H and O–H groups in total. The molecule has 6 nitrogen and oxygen atoms in total. The Bertz CT molecular complexity index is 1020. The molecule has 0 spiro atoms. The topological polar surface area (TPSA) is 67.9 Å². The summed E-state index contributed by atoms with van der Waals surface area (Å²) in [5.74, 6) is 1.33. The van der Waals surface area contributed by atoms with Crippen LogP contribution in [0.5, 0.6) is 11.5 Å². The maximum atomic E-state index is 12.6. The molecule has 1 aliphatic heterocycles. The molecule has 4 rings (SSSR count). The number of ether oxygens (including phenoxy) is 2. The highest BCUT2D eigenvalue weighted by Crippen LogP contribution is 2.24. The number of cyclic esters (lactones) is 1. The molecular weight excluding hydrogens is 380 g/mol. The summed E-state index contributed by atoms with van der Waals surface area (Å²) < 4.78 is 10.7. The molecule has 1 atom stereocenters. The normalized spacial score (nSPS) is 14.2. The third-order valence-electron chi connectivity index (χ3n) is 4.91. The van der Waals surface area contributed by atoms with E-state index in [4.69, 9.17) is 9.47 Å². The highest BCUT2D eigenvalue weighted by atomic mass is 16.6. The number of rotatable bonds is 6. The van der Waals surface area contributed by atoms with Crippen molar-refractivity contribution in [3.63, 3.8) is 0 Å². The Hall–Kier alpha value is -3.80. The molecule has 152 valence electrons. The second-order valence-electron chi connectivity index (χ2n) is 6.99. The van der Waals surface area contributed by atoms with E-state index in [1.807, 2.05) is 61.5 Å². The Morgan fingerprint density at radius 2 is 1.63 bits per heavy atom. The van der Waals surface area contributed by atoms with Gasteiger partial charge in [-0.15, -0.1) is 0 Å². The number of carbonyl (C=O) groups is 2. The van der Waals surface area contributed by atoms with Crippen molar-refractivity contribution >= 4 is 17.7 Å². The van der Waals surface area contributed by atoms with Gasteiger partial charge in [0.15, 0.2) is 0 Å². The number of anilines is 1. The van der Waals surface area contributed by atoms with Gasteiger partial charge in [-0.05, 0) is 61.0 Å². The van der Waals surface area contributed by atoms with Gasteiger partial charge in [-0.25, -0.2) is 4.79 Å². The van der Waals surface area contributed by atoms with Gasteiger partial charge in [0.25, 0.3) is 5.91 Å². The third-order valence-corrected chi connectivity index (χ3v) is 4.91. The van der Waals surface area contributed by atoms with Crippen molar-refractivity contribution in [3.05, 3.63) is 90.0 Å². The molecule has 2 amide bonds. The van der Waals surface area contributed by atoms with Crippen LogP contribution in [0.2, 0.25) is 0 Å². The van der Waals surface area contributed by atoms with Gasteiger partial charge in [0.2, 0.25) is 0 Å². The van der Waals surface area contributed by atoms with Crippen molar-refractivity contribution in [3.8, 4) is 11.5 Å². The Balaban J connectivity index is 1.36. The molecule has 3 aromatic rings. The van der Waals surface area contributed by atoms with Crippen molar-refractivity contribution in [2.24, 2.45) is 0 Å². The summed E-state index contributed by atoms with van der Waals surface area (Å²) in [4.78, 5) is 25.8. The summed E-state index contributed by atoms with van der Waals surface area (Å²) in [6.45, 7) is 2.83. The summed E-state index contributed by atoms with van der Waals surface area (Å²) in [7, 11) is 0. The van der Waals surface area contributed by atoms with Crippen LogP contribution in [0.25, 0.3) is 0 Å². The number of hydrogen-bond donors (Lipinski definition) is 1. The summed E-state index contributed by atoms with van der Waals surface area (Å²) in [5, 5.41) is 2.99. The fourth-order valence-corrected chi connectivity index (χ4v) is 3.23. The van der Waals surface area contributed by atoms with Gasteiger partial charge in [0.1, 0.15) is 18.1 Å². The van der Waals surface area contributed by atoms with Crippen LogP contribution in [-0.2, 0) is 4.74 Å². The van der Waals surface area contributed by atoms with Gasteiger partial charge in [-0.3, -0.25) is 9.69 Å². The standard InChI is InChI=1S/C24H22N2O4/c1-17(18-9-13-22(14-10-18)30-21-5-3-2-4-6-21)25-23(27)19-7-11-20(12-8-19)26-15-16-29-24(26)28/h2-14,17H,15-16H2,1H3,(H,25,27). The summed E-state index contributed by atoms with van der Waals surface area (Å²) in [6, 6.07) is 24.0. The minimum Gasteiger partial charge on any atom is -0.457 e. The third kappa shape index (κ3) is 4.43. The summed E-state index contributed by atoms with van der Waals surface area (Å²) in [5.41, 5.74) is 2.22. The van der Waals surface area contributed by atoms with E-state index in [9.17, 15) is 9.59 Å². The highest BCUT2D eigenvalue weighted by Gasteiger charge is 2.23. The lowest BCUT2D eigenvalue weighted by Gasteiger charge is -2.16. The predicted octanol–water partition coefficient (Wildman–Crippen LogP) is 4.93. The lowest BCUT2D eigenvalue weighted by Crippen LogP contribution is -2.27. The monoisotopic (exact) mass is 402 g/mol. The number of hydrogen-bond acceptors (Lipinski definition) is 4. The summed E-state index contributed by atoms with van der Waals surface area (Å²) >= 11 is 0. The van der Waals surface area contributed by atoms with E-state index in [2.05, 4.69) is 5.32 Å². The first-order valence-corrected chi connectivity index (χ1v) is 9.78. The SMILES string of the molecule is CC(NC(=O)c1ccc(N2CCOC2=O)cc1)c1ccc(Oc2ccccc2)cc1. The van der Waals surface area contributed by atoms with Crippen LogP contribution in [0.15, 0.2) is 78.9 Å². The molecule has 0 aromatic heterocycles. The van der Waals surface area contributed by atoms with Gasteiger partial charge in [0.05, 0.1) is 12.6 Å². The van der Waals surface area contributed by atoms with Crippen LogP contribution in [0.1, 0.15) is 28.9 Å². The molecule has 3 aromatic carbocycles. The molecule has 0 bridgehead atoms. The van der Waals surface area contributed by atoms with Crippen molar-refractivity contribution in [2.45, 2.75) is 13.0 Å². The Morgan fingerprint density at radius 1 is 0.967 bits per heavy atom. The molecule has 1 fully saturated rings. The molecule has 1 saturated heterocycles. The van der Waals surface area contributed by atoms with Gasteiger partial charge in [-0.1, -0.05) is 30.3 Å². The first-order valence-electron chi connectivity index (χ1n) is 9.78. The highest BCUT2D eigenvalue weighted by molar-refractivity contribution is 5.95. The number of nitrogens with zero attached hydrogens (tertiary/aromatic N) is 1. The first kappa shape index (κ1) is 19.5. The Kier molecular flexibility index (Phi) is 5.66. The minimum absolute atomic E-state index is 0.170. The van der Waals surface area contributed by atoms with E-state index in [1.165, 1.54) is 0 Å². The van der Waals surface area contributed by atoms with Crippen LogP contribution in [0.4, 0.5) is 10.5 Å². The number of nitrogens with one attached hydrogen (secondary N) is 1. The molecule has 30 heavy (non-hydrogen) atoms. The molecule has 1 unspecified atom stereocenters. The van der Waals surface area contributed by atoms with Crippen molar-refractivity contribution in [1.29, 1.82) is 0 Å². The van der Waals surface area contributed by atoms with Crippen molar-refractivity contribution < 1.29 is 19.1 Å². The molecule has 1 aliphatic rings. The Morgan fingerprint density at radius 3 is 2.27 bits per heavy atom. The fourth-order valence-electron chi connectivity index (χ4n) is 3.23. The van der Waals surface area contributed by atoms with Crippen LogP contribution in [-0.4, -0.2) is 25.2 Å². The zero-order valence-corrected chi connectivity index (χ0v) is 16.6. The second kappa shape index (κ2) is 8.69. The maximum absolute atomic E-state index is 12.6. The number of carbonyl (C=O) groups excluding carboxylic acids is 2.